The summed E-state index contributed by atoms with van der Waals surface area (Å²) in [5.41, 5.74) is 4.55. The van der Waals surface area contributed by atoms with Crippen molar-refractivity contribution in [3.63, 3.8) is 0 Å². The van der Waals surface area contributed by atoms with Crippen LogP contribution in [0.25, 0.3) is 0 Å². The highest BCUT2D eigenvalue weighted by molar-refractivity contribution is 7.15. The third-order valence-electron chi connectivity index (χ3n) is 5.06. The van der Waals surface area contributed by atoms with Crippen LogP contribution in [0, 0.1) is 13.8 Å². The number of thiazole rings is 1. The van der Waals surface area contributed by atoms with Crippen LogP contribution in [0.15, 0.2) is 41.2 Å². The molecule has 3 heterocycles. The molecule has 0 bridgehead atoms. The van der Waals surface area contributed by atoms with Gasteiger partial charge in [-0.05, 0) is 37.1 Å². The van der Waals surface area contributed by atoms with Crippen LogP contribution in [0.1, 0.15) is 32.1 Å². The second kappa shape index (κ2) is 8.18. The smallest absolute Gasteiger partial charge is 0.260 e. The van der Waals surface area contributed by atoms with Crippen LogP contribution in [0.2, 0.25) is 0 Å². The number of rotatable bonds is 5. The van der Waals surface area contributed by atoms with Crippen molar-refractivity contribution in [2.45, 2.75) is 26.8 Å². The van der Waals surface area contributed by atoms with Crippen LogP contribution < -0.4 is 10.6 Å². The number of benzene rings is 1. The number of nitrogens with zero attached hydrogens (tertiary/aromatic N) is 2. The third kappa shape index (κ3) is 4.38. The first-order valence-corrected chi connectivity index (χ1v) is 10.2. The molecule has 7 nitrogen and oxygen atoms in total. The van der Waals surface area contributed by atoms with Crippen LogP contribution in [-0.2, 0) is 17.8 Å². The SMILES string of the molecule is Cc1cccc(NC(=O)CN2CCc3nc(NC(=O)c4ccoc4)sc3C2)c1C. The van der Waals surface area contributed by atoms with E-state index >= 15 is 0 Å². The molecule has 29 heavy (non-hydrogen) atoms. The Hall–Kier alpha value is -2.97. The number of hydrogen-bond acceptors (Lipinski definition) is 6. The molecule has 0 saturated carbocycles. The van der Waals surface area contributed by atoms with E-state index in [-0.39, 0.29) is 11.8 Å². The standard InChI is InChI=1S/C21H22N4O3S/c1-13-4-3-5-16(14(13)2)22-19(26)11-25-8-6-17-18(10-25)29-21(23-17)24-20(27)15-7-9-28-12-15/h3-5,7,9,12H,6,8,10-11H2,1-2H3,(H,22,26)(H,23,24,27). The van der Waals surface area contributed by atoms with E-state index in [1.165, 1.54) is 23.9 Å². The van der Waals surface area contributed by atoms with Crippen molar-refractivity contribution in [2.24, 2.45) is 0 Å². The van der Waals surface area contributed by atoms with E-state index in [0.717, 1.165) is 40.4 Å². The van der Waals surface area contributed by atoms with E-state index in [9.17, 15) is 9.59 Å². The quantitative estimate of drug-likeness (QED) is 0.671. The van der Waals surface area contributed by atoms with Crippen LogP contribution >= 0.6 is 11.3 Å². The maximum Gasteiger partial charge on any atom is 0.260 e. The monoisotopic (exact) mass is 410 g/mol. The van der Waals surface area contributed by atoms with E-state index in [4.69, 9.17) is 4.42 Å². The maximum absolute atomic E-state index is 12.5. The Morgan fingerprint density at radius 3 is 2.90 bits per heavy atom. The summed E-state index contributed by atoms with van der Waals surface area (Å²) in [6.07, 6.45) is 3.62. The first-order chi connectivity index (χ1) is 14.0. The van der Waals surface area contributed by atoms with Crippen LogP contribution in [0.3, 0.4) is 0 Å². The zero-order chi connectivity index (χ0) is 20.4. The number of nitrogens with one attached hydrogen (secondary N) is 2. The van der Waals surface area contributed by atoms with Crippen molar-refractivity contribution in [3.8, 4) is 0 Å². The summed E-state index contributed by atoms with van der Waals surface area (Å²) < 4.78 is 4.94. The fourth-order valence-corrected chi connectivity index (χ4v) is 4.32. The van der Waals surface area contributed by atoms with Crippen molar-refractivity contribution in [1.82, 2.24) is 9.88 Å². The molecule has 0 fully saturated rings. The predicted octanol–water partition coefficient (Wildman–Crippen LogP) is 3.60. The Morgan fingerprint density at radius 2 is 2.10 bits per heavy atom. The molecule has 2 amide bonds. The fourth-order valence-electron chi connectivity index (χ4n) is 3.28. The van der Waals surface area contributed by atoms with Gasteiger partial charge in [0.2, 0.25) is 5.91 Å². The van der Waals surface area contributed by atoms with Crippen LogP contribution in [0.5, 0.6) is 0 Å². The van der Waals surface area contributed by atoms with Gasteiger partial charge in [0.05, 0.1) is 24.1 Å². The second-order valence-corrected chi connectivity index (χ2v) is 8.19. The summed E-state index contributed by atoms with van der Waals surface area (Å²) >= 11 is 1.45. The van der Waals surface area contributed by atoms with E-state index in [0.29, 0.717) is 23.8 Å². The van der Waals surface area contributed by atoms with Crippen molar-refractivity contribution >= 4 is 34.0 Å². The van der Waals surface area contributed by atoms with Gasteiger partial charge in [-0.1, -0.05) is 12.1 Å². The average Bonchev–Trinajstić information content (AvgIpc) is 3.34. The fraction of sp³-hybridized carbons (Fsp3) is 0.286. The van der Waals surface area contributed by atoms with Crippen molar-refractivity contribution in [1.29, 1.82) is 0 Å². The molecule has 0 aliphatic carbocycles. The molecule has 0 unspecified atom stereocenters. The molecule has 1 aromatic carbocycles. The molecule has 150 valence electrons. The Kier molecular flexibility index (Phi) is 5.46. The largest absolute Gasteiger partial charge is 0.472 e. The van der Waals surface area contributed by atoms with Gasteiger partial charge < -0.3 is 9.73 Å². The lowest BCUT2D eigenvalue weighted by atomic mass is 10.1. The third-order valence-corrected chi connectivity index (χ3v) is 6.06. The number of anilines is 2. The average molecular weight is 410 g/mol. The van der Waals surface area contributed by atoms with Gasteiger partial charge in [0.1, 0.15) is 6.26 Å². The molecule has 4 rings (SSSR count). The number of aromatic nitrogens is 1. The number of amides is 2. The topological polar surface area (TPSA) is 87.5 Å². The molecule has 0 radical (unpaired) electrons. The van der Waals surface area contributed by atoms with E-state index < -0.39 is 0 Å². The molecule has 2 N–H and O–H groups in total. The van der Waals surface area contributed by atoms with Crippen molar-refractivity contribution in [3.05, 3.63) is 64.1 Å². The lowest BCUT2D eigenvalue weighted by molar-refractivity contribution is -0.117. The zero-order valence-electron chi connectivity index (χ0n) is 16.3. The highest BCUT2D eigenvalue weighted by atomic mass is 32.1. The number of carbonyl (C=O) groups is 2. The highest BCUT2D eigenvalue weighted by Gasteiger charge is 2.23. The first kappa shape index (κ1) is 19.4. The molecule has 3 aromatic rings. The summed E-state index contributed by atoms with van der Waals surface area (Å²) in [6.45, 7) is 5.76. The lowest BCUT2D eigenvalue weighted by Gasteiger charge is -2.25. The number of carbonyl (C=O) groups excluding carboxylic acids is 2. The van der Waals surface area contributed by atoms with Gasteiger partial charge >= 0.3 is 0 Å². The zero-order valence-corrected chi connectivity index (χ0v) is 17.1. The van der Waals surface area contributed by atoms with Gasteiger partial charge in [-0.3, -0.25) is 19.8 Å². The number of hydrogen-bond donors (Lipinski definition) is 2. The molecule has 1 aliphatic heterocycles. The summed E-state index contributed by atoms with van der Waals surface area (Å²) in [7, 11) is 0. The van der Waals surface area contributed by atoms with Crippen molar-refractivity contribution < 1.29 is 14.0 Å². The molecule has 1 aliphatic rings. The lowest BCUT2D eigenvalue weighted by Crippen LogP contribution is -2.36. The Balaban J connectivity index is 1.36. The van der Waals surface area contributed by atoms with Gasteiger partial charge in [-0.2, -0.15) is 0 Å². The minimum Gasteiger partial charge on any atom is -0.472 e. The van der Waals surface area contributed by atoms with Gasteiger partial charge in [-0.15, -0.1) is 11.3 Å². The summed E-state index contributed by atoms with van der Waals surface area (Å²) in [6, 6.07) is 7.51. The summed E-state index contributed by atoms with van der Waals surface area (Å²) in [4.78, 5) is 32.4. The van der Waals surface area contributed by atoms with Gasteiger partial charge in [-0.25, -0.2) is 4.98 Å². The van der Waals surface area contributed by atoms with Gasteiger partial charge in [0.25, 0.3) is 5.91 Å². The Labute approximate surface area is 172 Å². The van der Waals surface area contributed by atoms with Crippen molar-refractivity contribution in [2.75, 3.05) is 23.7 Å². The van der Waals surface area contributed by atoms with E-state index in [1.807, 2.05) is 32.0 Å². The Morgan fingerprint density at radius 1 is 1.24 bits per heavy atom. The Bertz CT molecular complexity index is 1040. The summed E-state index contributed by atoms with van der Waals surface area (Å²) in [5.74, 6) is -0.269. The molecular weight excluding hydrogens is 388 g/mol. The minimum absolute atomic E-state index is 0.0276. The van der Waals surface area contributed by atoms with E-state index in [2.05, 4.69) is 20.5 Å². The molecule has 8 heteroatoms. The van der Waals surface area contributed by atoms with Gasteiger partial charge in [0.15, 0.2) is 5.13 Å². The number of furan rings is 1. The van der Waals surface area contributed by atoms with Crippen LogP contribution in [0.4, 0.5) is 10.8 Å². The molecule has 0 saturated heterocycles. The van der Waals surface area contributed by atoms with Crippen LogP contribution in [-0.4, -0.2) is 34.8 Å². The van der Waals surface area contributed by atoms with E-state index in [1.54, 1.807) is 6.07 Å². The molecule has 0 atom stereocenters. The molecular formula is C21H22N4O3S. The molecule has 0 spiro atoms. The maximum atomic E-state index is 12.5. The number of fused-ring (bicyclic) bond motifs is 1. The number of aryl methyl sites for hydroxylation is 1. The molecule has 2 aromatic heterocycles. The minimum atomic E-state index is -0.241. The normalized spacial score (nSPS) is 13.7. The van der Waals surface area contributed by atoms with Gasteiger partial charge in [0, 0.05) is 30.1 Å². The first-order valence-electron chi connectivity index (χ1n) is 9.40. The second-order valence-electron chi connectivity index (χ2n) is 7.11. The predicted molar refractivity (Wildman–Crippen MR) is 112 cm³/mol. The summed E-state index contributed by atoms with van der Waals surface area (Å²) in [5, 5.41) is 6.39. The highest BCUT2D eigenvalue weighted by Crippen LogP contribution is 2.28.